The minimum Gasteiger partial charge on any atom is -0.461 e. The van der Waals surface area contributed by atoms with E-state index in [1.54, 1.807) is 24.3 Å². The first-order chi connectivity index (χ1) is 14.9. The van der Waals surface area contributed by atoms with Crippen LogP contribution < -0.4 is 10.6 Å². The third-order valence-electron chi connectivity index (χ3n) is 4.45. The fourth-order valence-corrected chi connectivity index (χ4v) is 2.89. The van der Waals surface area contributed by atoms with Crippen molar-refractivity contribution in [3.63, 3.8) is 0 Å². The molecule has 7 nitrogen and oxygen atoms in total. The number of hydrogen-bond acceptors (Lipinski definition) is 5. The molecule has 2 N–H and O–H groups in total. The normalized spacial score (nSPS) is 11.4. The highest BCUT2D eigenvalue weighted by Crippen LogP contribution is 2.22. The predicted molar refractivity (Wildman–Crippen MR) is 117 cm³/mol. The van der Waals surface area contributed by atoms with Gasteiger partial charge in [-0.05, 0) is 43.3 Å². The molecule has 7 heteroatoms. The Balaban J connectivity index is 1.45. The van der Waals surface area contributed by atoms with Crippen molar-refractivity contribution in [3.8, 4) is 11.3 Å². The zero-order valence-corrected chi connectivity index (χ0v) is 17.4. The van der Waals surface area contributed by atoms with Crippen molar-refractivity contribution in [1.82, 2.24) is 0 Å². The van der Waals surface area contributed by atoms with Crippen molar-refractivity contribution < 1.29 is 23.5 Å². The van der Waals surface area contributed by atoms with Crippen LogP contribution in [0.15, 0.2) is 71.1 Å². The van der Waals surface area contributed by atoms with Gasteiger partial charge in [0.25, 0.3) is 5.91 Å². The summed E-state index contributed by atoms with van der Waals surface area (Å²) in [5.41, 5.74) is 2.12. The molecule has 0 aliphatic carbocycles. The lowest BCUT2D eigenvalue weighted by Crippen LogP contribution is -2.30. The van der Waals surface area contributed by atoms with Crippen LogP contribution in [0.3, 0.4) is 0 Å². The van der Waals surface area contributed by atoms with Gasteiger partial charge < -0.3 is 19.8 Å². The summed E-state index contributed by atoms with van der Waals surface area (Å²) in [7, 11) is 0. The Labute approximate surface area is 180 Å². The molecule has 1 unspecified atom stereocenters. The van der Waals surface area contributed by atoms with E-state index in [1.807, 2.05) is 42.5 Å². The molecule has 0 aliphatic rings. The second-order valence-corrected chi connectivity index (χ2v) is 7.01. The first kappa shape index (κ1) is 21.8. The Morgan fingerprint density at radius 3 is 2.19 bits per heavy atom. The van der Waals surface area contributed by atoms with Gasteiger partial charge in [0.2, 0.25) is 5.91 Å². The molecule has 1 aromatic heterocycles. The van der Waals surface area contributed by atoms with Gasteiger partial charge in [-0.1, -0.05) is 30.3 Å². The number of anilines is 2. The van der Waals surface area contributed by atoms with E-state index >= 15 is 0 Å². The summed E-state index contributed by atoms with van der Waals surface area (Å²) in [5, 5.41) is 5.32. The smallest absolute Gasteiger partial charge is 0.307 e. The van der Waals surface area contributed by atoms with Crippen LogP contribution in [-0.4, -0.2) is 23.9 Å². The Hall–Kier alpha value is -3.87. The highest BCUT2D eigenvalue weighted by Gasteiger charge is 2.18. The largest absolute Gasteiger partial charge is 0.461 e. The average molecular weight is 420 g/mol. The van der Waals surface area contributed by atoms with Crippen LogP contribution >= 0.6 is 0 Å². The van der Waals surface area contributed by atoms with Crippen molar-refractivity contribution >= 4 is 29.2 Å². The van der Waals surface area contributed by atoms with Gasteiger partial charge in [-0.25, -0.2) is 0 Å². The minimum absolute atomic E-state index is 0.102. The summed E-state index contributed by atoms with van der Waals surface area (Å²) >= 11 is 0. The number of furan rings is 1. The number of benzene rings is 2. The summed E-state index contributed by atoms with van der Waals surface area (Å²) in [5.74, 6) is 0.308. The maximum atomic E-state index is 12.3. The molecule has 160 valence electrons. The first-order valence-electron chi connectivity index (χ1n) is 9.93. The Kier molecular flexibility index (Phi) is 7.22. The average Bonchev–Trinajstić information content (AvgIpc) is 3.23. The molecule has 0 aliphatic heterocycles. The summed E-state index contributed by atoms with van der Waals surface area (Å²) in [4.78, 5) is 35.4. The van der Waals surface area contributed by atoms with Gasteiger partial charge >= 0.3 is 5.97 Å². The third-order valence-corrected chi connectivity index (χ3v) is 4.45. The standard InChI is InChI=1S/C24H24N2O5/c1-16(24(29)26-20-10-8-19(9-11-20)25-17(2)27)30-23(28)15-13-21-12-14-22(31-21)18-6-4-3-5-7-18/h3-12,14,16H,13,15H2,1-2H3,(H,25,27)(H,26,29). The monoisotopic (exact) mass is 420 g/mol. The van der Waals surface area contributed by atoms with Crippen LogP contribution in [0.4, 0.5) is 11.4 Å². The lowest BCUT2D eigenvalue weighted by atomic mass is 10.2. The van der Waals surface area contributed by atoms with Gasteiger partial charge in [-0.3, -0.25) is 14.4 Å². The number of aryl methyl sites for hydroxylation is 1. The molecule has 2 aromatic carbocycles. The Morgan fingerprint density at radius 2 is 1.55 bits per heavy atom. The van der Waals surface area contributed by atoms with Gasteiger partial charge in [0, 0.05) is 30.3 Å². The maximum Gasteiger partial charge on any atom is 0.307 e. The fraction of sp³-hybridized carbons (Fsp3) is 0.208. The molecular weight excluding hydrogens is 396 g/mol. The molecule has 0 fully saturated rings. The molecule has 3 aromatic rings. The van der Waals surface area contributed by atoms with Gasteiger partial charge in [0.15, 0.2) is 6.10 Å². The number of hydrogen-bond donors (Lipinski definition) is 2. The number of ether oxygens (including phenoxy) is 1. The highest BCUT2D eigenvalue weighted by atomic mass is 16.5. The first-order valence-corrected chi connectivity index (χ1v) is 9.93. The summed E-state index contributed by atoms with van der Waals surface area (Å²) in [6.45, 7) is 2.93. The number of rotatable bonds is 8. The van der Waals surface area contributed by atoms with Gasteiger partial charge in [0.1, 0.15) is 11.5 Å². The Morgan fingerprint density at radius 1 is 0.903 bits per heavy atom. The van der Waals surface area contributed by atoms with E-state index in [4.69, 9.17) is 9.15 Å². The van der Waals surface area contributed by atoms with E-state index in [0.29, 0.717) is 23.6 Å². The van der Waals surface area contributed by atoms with Crippen LogP contribution in [0.25, 0.3) is 11.3 Å². The molecule has 2 amide bonds. The molecule has 3 rings (SSSR count). The topological polar surface area (TPSA) is 97.6 Å². The molecule has 31 heavy (non-hydrogen) atoms. The SMILES string of the molecule is CC(=O)Nc1ccc(NC(=O)C(C)OC(=O)CCc2ccc(-c3ccccc3)o2)cc1. The predicted octanol–water partition coefficient (Wildman–Crippen LogP) is 4.41. The molecule has 1 atom stereocenters. The quantitative estimate of drug-likeness (QED) is 0.526. The van der Waals surface area contributed by atoms with Crippen LogP contribution in [0.1, 0.15) is 26.0 Å². The number of amides is 2. The van der Waals surface area contributed by atoms with Crippen LogP contribution in [0.5, 0.6) is 0 Å². The summed E-state index contributed by atoms with van der Waals surface area (Å²) in [6.07, 6.45) is -0.464. The van der Waals surface area contributed by atoms with Crippen LogP contribution in [0.2, 0.25) is 0 Å². The Bertz CT molecular complexity index is 1040. The second kappa shape index (κ2) is 10.2. The van der Waals surface area contributed by atoms with Crippen LogP contribution in [-0.2, 0) is 25.5 Å². The number of esters is 1. The number of nitrogens with one attached hydrogen (secondary N) is 2. The van der Waals surface area contributed by atoms with Crippen molar-refractivity contribution in [2.75, 3.05) is 10.6 Å². The number of carbonyl (C=O) groups is 3. The van der Waals surface area contributed by atoms with E-state index in [2.05, 4.69) is 10.6 Å². The van der Waals surface area contributed by atoms with Crippen molar-refractivity contribution in [3.05, 3.63) is 72.5 Å². The van der Waals surface area contributed by atoms with Gasteiger partial charge in [-0.2, -0.15) is 0 Å². The zero-order valence-electron chi connectivity index (χ0n) is 17.4. The molecular formula is C24H24N2O5. The van der Waals surface area contributed by atoms with E-state index in [9.17, 15) is 14.4 Å². The third kappa shape index (κ3) is 6.57. The summed E-state index contributed by atoms with van der Waals surface area (Å²) < 4.78 is 11.0. The zero-order chi connectivity index (χ0) is 22.2. The van der Waals surface area contributed by atoms with E-state index in [0.717, 1.165) is 11.3 Å². The molecule has 1 heterocycles. The van der Waals surface area contributed by atoms with Crippen molar-refractivity contribution in [2.45, 2.75) is 32.8 Å². The van der Waals surface area contributed by atoms with E-state index in [1.165, 1.54) is 13.8 Å². The lowest BCUT2D eigenvalue weighted by Gasteiger charge is -2.13. The molecule has 0 radical (unpaired) electrons. The molecule has 0 bridgehead atoms. The molecule has 0 spiro atoms. The summed E-state index contributed by atoms with van der Waals surface area (Å²) in [6, 6.07) is 20.0. The van der Waals surface area contributed by atoms with Crippen molar-refractivity contribution in [2.24, 2.45) is 0 Å². The van der Waals surface area contributed by atoms with Crippen LogP contribution in [0, 0.1) is 0 Å². The lowest BCUT2D eigenvalue weighted by molar-refractivity contribution is -0.153. The van der Waals surface area contributed by atoms with Gasteiger partial charge in [-0.15, -0.1) is 0 Å². The van der Waals surface area contributed by atoms with Crippen molar-refractivity contribution in [1.29, 1.82) is 0 Å². The molecule has 0 saturated carbocycles. The minimum atomic E-state index is -0.945. The molecule has 0 saturated heterocycles. The maximum absolute atomic E-state index is 12.3. The van der Waals surface area contributed by atoms with Gasteiger partial charge in [0.05, 0.1) is 6.42 Å². The number of carbonyl (C=O) groups excluding carboxylic acids is 3. The second-order valence-electron chi connectivity index (χ2n) is 7.01. The van der Waals surface area contributed by atoms with E-state index in [-0.39, 0.29) is 12.3 Å². The fourth-order valence-electron chi connectivity index (χ4n) is 2.89. The highest BCUT2D eigenvalue weighted by molar-refractivity contribution is 5.95. The van der Waals surface area contributed by atoms with E-state index < -0.39 is 18.0 Å².